The first-order chi connectivity index (χ1) is 9.19. The summed E-state index contributed by atoms with van der Waals surface area (Å²) in [7, 11) is 0. The van der Waals surface area contributed by atoms with Crippen LogP contribution in [-0.2, 0) is 11.3 Å². The molecule has 0 aliphatic carbocycles. The first-order valence-electron chi connectivity index (χ1n) is 5.92. The van der Waals surface area contributed by atoms with Gasteiger partial charge in [-0.05, 0) is 6.92 Å². The summed E-state index contributed by atoms with van der Waals surface area (Å²) in [5.74, 6) is -1.17. The van der Waals surface area contributed by atoms with E-state index >= 15 is 0 Å². The molecule has 1 heterocycles. The average Bonchev–Trinajstić information content (AvgIpc) is 2.27. The van der Waals surface area contributed by atoms with Crippen LogP contribution in [-0.4, -0.2) is 17.3 Å². The first-order valence-corrected chi connectivity index (χ1v) is 5.92. The number of H-pyrrole nitrogens is 1. The highest BCUT2D eigenvalue weighted by Crippen LogP contribution is 2.22. The van der Waals surface area contributed by atoms with E-state index in [0.29, 0.717) is 0 Å². The Morgan fingerprint density at radius 2 is 1.95 bits per heavy atom. The van der Waals surface area contributed by atoms with Crippen molar-refractivity contribution >= 4 is 5.91 Å². The maximum Gasteiger partial charge on any atom is 0.574 e. The molecule has 0 saturated heterocycles. The Labute approximate surface area is 114 Å². The van der Waals surface area contributed by atoms with Gasteiger partial charge in [0, 0.05) is 18.7 Å². The minimum absolute atomic E-state index is 0.228. The summed E-state index contributed by atoms with van der Waals surface area (Å²) in [6, 6.07) is 1.13. The van der Waals surface area contributed by atoms with E-state index in [4.69, 9.17) is 0 Å². The van der Waals surface area contributed by atoms with Crippen molar-refractivity contribution in [2.75, 3.05) is 0 Å². The molecule has 2 N–H and O–H groups in total. The number of rotatable bonds is 3. The fourth-order valence-electron chi connectivity index (χ4n) is 1.27. The standard InChI is InChI=1S/C10H11F3N2O3.C2H6/c1-5-3-8(17)7(4-14-6(2)16)9(15-5)18-10(11,12)13;1-2/h3H,4H2,1-2H3,(H,14,16)(H,15,17);1-2H3. The van der Waals surface area contributed by atoms with Gasteiger partial charge in [-0.25, -0.2) is 0 Å². The molecular weight excluding hydrogens is 277 g/mol. The molecule has 0 aromatic carbocycles. The minimum atomic E-state index is -4.91. The summed E-state index contributed by atoms with van der Waals surface area (Å²) in [4.78, 5) is 24.5. The third-order valence-corrected chi connectivity index (χ3v) is 1.96. The van der Waals surface area contributed by atoms with Gasteiger partial charge in [-0.3, -0.25) is 9.59 Å². The number of carbonyl (C=O) groups is 1. The number of aryl methyl sites for hydroxylation is 1. The van der Waals surface area contributed by atoms with Crippen molar-refractivity contribution in [3.8, 4) is 5.88 Å². The lowest BCUT2D eigenvalue weighted by atomic mass is 10.2. The highest BCUT2D eigenvalue weighted by Gasteiger charge is 2.33. The van der Waals surface area contributed by atoms with Crippen LogP contribution in [0.1, 0.15) is 32.0 Å². The van der Waals surface area contributed by atoms with Crippen molar-refractivity contribution in [3.05, 3.63) is 27.5 Å². The second-order valence-electron chi connectivity index (χ2n) is 3.58. The molecule has 0 radical (unpaired) electrons. The number of nitrogens with one attached hydrogen (secondary N) is 2. The van der Waals surface area contributed by atoms with Crippen LogP contribution in [0.4, 0.5) is 13.2 Å². The molecule has 1 rings (SSSR count). The van der Waals surface area contributed by atoms with E-state index in [1.807, 2.05) is 13.8 Å². The smallest absolute Gasteiger partial charge is 0.389 e. The van der Waals surface area contributed by atoms with E-state index < -0.39 is 23.6 Å². The molecule has 0 aliphatic rings. The Kier molecular flexibility index (Phi) is 6.81. The van der Waals surface area contributed by atoms with Gasteiger partial charge in [0.25, 0.3) is 0 Å². The number of carbonyl (C=O) groups excluding carboxylic acids is 1. The number of hydrogen-bond acceptors (Lipinski definition) is 3. The summed E-state index contributed by atoms with van der Waals surface area (Å²) >= 11 is 0. The third-order valence-electron chi connectivity index (χ3n) is 1.96. The molecule has 8 heteroatoms. The first kappa shape index (κ1) is 18.0. The fraction of sp³-hybridized carbons (Fsp3) is 0.500. The summed E-state index contributed by atoms with van der Waals surface area (Å²) in [6.45, 7) is 6.27. The summed E-state index contributed by atoms with van der Waals surface area (Å²) in [5.41, 5.74) is -0.696. The Hall–Kier alpha value is -1.99. The normalized spacial score (nSPS) is 10.3. The zero-order chi connectivity index (χ0) is 15.9. The predicted octanol–water partition coefficient (Wildman–Crippen LogP) is 2.24. The van der Waals surface area contributed by atoms with E-state index in [9.17, 15) is 22.8 Å². The molecule has 1 aromatic heterocycles. The van der Waals surface area contributed by atoms with Crippen molar-refractivity contribution in [2.24, 2.45) is 0 Å². The van der Waals surface area contributed by atoms with Gasteiger partial charge in [-0.2, -0.15) is 0 Å². The van der Waals surface area contributed by atoms with E-state index in [1.165, 1.54) is 13.8 Å². The van der Waals surface area contributed by atoms with E-state index in [1.54, 1.807) is 0 Å². The maximum absolute atomic E-state index is 12.2. The van der Waals surface area contributed by atoms with Gasteiger partial charge in [0.1, 0.15) is 0 Å². The molecule has 20 heavy (non-hydrogen) atoms. The highest BCUT2D eigenvalue weighted by molar-refractivity contribution is 5.72. The second kappa shape index (κ2) is 7.56. The van der Waals surface area contributed by atoms with Crippen LogP contribution in [0.5, 0.6) is 5.88 Å². The monoisotopic (exact) mass is 294 g/mol. The van der Waals surface area contributed by atoms with Gasteiger partial charge >= 0.3 is 6.36 Å². The van der Waals surface area contributed by atoms with Gasteiger partial charge in [0.2, 0.25) is 11.8 Å². The van der Waals surface area contributed by atoms with Crippen LogP contribution in [0.15, 0.2) is 10.9 Å². The number of alkyl halides is 3. The maximum atomic E-state index is 12.2. The molecule has 0 unspecified atom stereocenters. The van der Waals surface area contributed by atoms with Gasteiger partial charge in [0.05, 0.1) is 12.1 Å². The largest absolute Gasteiger partial charge is 0.574 e. The topological polar surface area (TPSA) is 71.2 Å². The van der Waals surface area contributed by atoms with Gasteiger partial charge in [-0.15, -0.1) is 13.2 Å². The highest BCUT2D eigenvalue weighted by atomic mass is 19.4. The van der Waals surface area contributed by atoms with Crippen LogP contribution < -0.4 is 15.5 Å². The molecule has 0 saturated carbocycles. The van der Waals surface area contributed by atoms with Gasteiger partial charge < -0.3 is 15.0 Å². The molecule has 0 aliphatic heterocycles. The molecule has 0 bridgehead atoms. The molecule has 0 spiro atoms. The molecule has 1 amide bonds. The minimum Gasteiger partial charge on any atom is -0.389 e. The molecule has 0 fully saturated rings. The van der Waals surface area contributed by atoms with Crippen molar-refractivity contribution in [3.63, 3.8) is 0 Å². The Bertz CT molecular complexity index is 510. The fourth-order valence-corrected chi connectivity index (χ4v) is 1.27. The van der Waals surface area contributed by atoms with Crippen LogP contribution in [0.3, 0.4) is 0 Å². The van der Waals surface area contributed by atoms with Crippen LogP contribution in [0, 0.1) is 6.92 Å². The van der Waals surface area contributed by atoms with Gasteiger partial charge in [-0.1, -0.05) is 13.8 Å². The van der Waals surface area contributed by atoms with E-state index in [2.05, 4.69) is 15.0 Å². The molecule has 1 aromatic rings. The number of aromatic amines is 1. The number of aromatic nitrogens is 1. The Balaban J connectivity index is 0.00000172. The summed E-state index contributed by atoms with van der Waals surface area (Å²) in [6.07, 6.45) is -4.91. The molecule has 0 atom stereocenters. The molecule has 114 valence electrons. The lowest BCUT2D eigenvalue weighted by Gasteiger charge is -2.13. The Morgan fingerprint density at radius 3 is 2.40 bits per heavy atom. The number of amides is 1. The van der Waals surface area contributed by atoms with Crippen LogP contribution in [0.25, 0.3) is 0 Å². The number of pyridine rings is 1. The quantitative estimate of drug-likeness (QED) is 0.898. The van der Waals surface area contributed by atoms with Crippen LogP contribution >= 0.6 is 0 Å². The van der Waals surface area contributed by atoms with Crippen molar-refractivity contribution in [1.82, 2.24) is 10.3 Å². The molecular formula is C12H17F3N2O3. The number of halogens is 3. The van der Waals surface area contributed by atoms with E-state index in [-0.39, 0.29) is 17.8 Å². The lowest BCUT2D eigenvalue weighted by Crippen LogP contribution is -2.27. The van der Waals surface area contributed by atoms with Gasteiger partial charge in [0.15, 0.2) is 5.43 Å². The van der Waals surface area contributed by atoms with Crippen LogP contribution in [0.2, 0.25) is 0 Å². The third kappa shape index (κ3) is 6.26. The van der Waals surface area contributed by atoms with Crippen molar-refractivity contribution in [1.29, 1.82) is 0 Å². The zero-order valence-electron chi connectivity index (χ0n) is 11.6. The van der Waals surface area contributed by atoms with Crippen molar-refractivity contribution < 1.29 is 22.7 Å². The predicted molar refractivity (Wildman–Crippen MR) is 67.4 cm³/mol. The second-order valence-corrected chi connectivity index (χ2v) is 3.58. The SMILES string of the molecule is CC.CC(=O)NCc1c(OC(F)(F)F)[nH]c(C)cc1=O. The lowest BCUT2D eigenvalue weighted by molar-refractivity contribution is -0.276. The zero-order valence-corrected chi connectivity index (χ0v) is 11.6. The van der Waals surface area contributed by atoms with E-state index in [0.717, 1.165) is 6.07 Å². The van der Waals surface area contributed by atoms with Crippen molar-refractivity contribution in [2.45, 2.75) is 40.6 Å². The number of hydrogen-bond donors (Lipinski definition) is 2. The Morgan fingerprint density at radius 1 is 1.40 bits per heavy atom. The number of ether oxygens (including phenoxy) is 1. The summed E-state index contributed by atoms with van der Waals surface area (Å²) < 4.78 is 40.2. The summed E-state index contributed by atoms with van der Waals surface area (Å²) in [5, 5.41) is 2.24. The average molecular weight is 294 g/mol. The molecule has 5 nitrogen and oxygen atoms in total.